The fourth-order valence-corrected chi connectivity index (χ4v) is 3.86. The number of carbonyl (C=O) groups is 1. The predicted octanol–water partition coefficient (Wildman–Crippen LogP) is 2.35. The smallest absolute Gasteiger partial charge is 0.315 e. The lowest BCUT2D eigenvalue weighted by molar-refractivity contribution is 0.237. The summed E-state index contributed by atoms with van der Waals surface area (Å²) in [5, 5.41) is 10.7. The number of thioether (sulfide) groups is 1. The van der Waals surface area contributed by atoms with Crippen molar-refractivity contribution in [3.8, 4) is 5.69 Å². The average molecular weight is 331 g/mol. The van der Waals surface area contributed by atoms with Gasteiger partial charge in [0.25, 0.3) is 0 Å². The zero-order chi connectivity index (χ0) is 16.1. The van der Waals surface area contributed by atoms with Crippen molar-refractivity contribution in [1.29, 1.82) is 0 Å². The van der Waals surface area contributed by atoms with Crippen LogP contribution in [-0.4, -0.2) is 38.3 Å². The van der Waals surface area contributed by atoms with Crippen molar-refractivity contribution in [1.82, 2.24) is 25.4 Å². The second-order valence-electron chi connectivity index (χ2n) is 5.65. The van der Waals surface area contributed by atoms with Gasteiger partial charge in [-0.15, -0.1) is 0 Å². The molecule has 0 bridgehead atoms. The minimum atomic E-state index is -0.0953. The third-order valence-electron chi connectivity index (χ3n) is 4.12. The van der Waals surface area contributed by atoms with Gasteiger partial charge in [-0.3, -0.25) is 0 Å². The number of aromatic nitrogens is 3. The minimum Gasteiger partial charge on any atom is -0.334 e. The van der Waals surface area contributed by atoms with E-state index in [0.29, 0.717) is 11.8 Å². The highest BCUT2D eigenvalue weighted by Gasteiger charge is 2.27. The molecule has 7 heteroatoms. The highest BCUT2D eigenvalue weighted by molar-refractivity contribution is 7.99. The number of hydrogen-bond donors (Lipinski definition) is 2. The summed E-state index contributed by atoms with van der Waals surface area (Å²) in [6.45, 7) is 0.491. The quantitative estimate of drug-likeness (QED) is 0.882. The first-order valence-electron chi connectivity index (χ1n) is 7.77. The molecule has 1 aromatic carbocycles. The van der Waals surface area contributed by atoms with Crippen molar-refractivity contribution in [2.75, 3.05) is 6.26 Å². The van der Waals surface area contributed by atoms with Crippen LogP contribution in [-0.2, 0) is 6.54 Å². The first-order chi connectivity index (χ1) is 11.3. The summed E-state index contributed by atoms with van der Waals surface area (Å²) in [7, 11) is 0. The van der Waals surface area contributed by atoms with Crippen LogP contribution in [0.2, 0.25) is 0 Å². The lowest BCUT2D eigenvalue weighted by Crippen LogP contribution is -2.44. The van der Waals surface area contributed by atoms with Crippen LogP contribution in [0.4, 0.5) is 4.79 Å². The van der Waals surface area contributed by atoms with Crippen LogP contribution < -0.4 is 10.6 Å². The molecule has 3 rings (SSSR count). The molecule has 1 aliphatic rings. The molecule has 6 nitrogen and oxygen atoms in total. The first-order valence-corrected chi connectivity index (χ1v) is 9.06. The molecule has 23 heavy (non-hydrogen) atoms. The largest absolute Gasteiger partial charge is 0.334 e. The van der Waals surface area contributed by atoms with E-state index in [0.717, 1.165) is 17.7 Å². The Morgan fingerprint density at radius 2 is 2.35 bits per heavy atom. The van der Waals surface area contributed by atoms with E-state index in [4.69, 9.17) is 0 Å². The van der Waals surface area contributed by atoms with Gasteiger partial charge < -0.3 is 10.6 Å². The van der Waals surface area contributed by atoms with E-state index in [-0.39, 0.29) is 12.1 Å². The molecule has 2 atom stereocenters. The number of rotatable bonds is 5. The minimum absolute atomic E-state index is 0.0953. The van der Waals surface area contributed by atoms with Gasteiger partial charge in [-0.05, 0) is 36.8 Å². The number of hydrogen-bond acceptors (Lipinski definition) is 4. The van der Waals surface area contributed by atoms with Crippen molar-refractivity contribution in [2.24, 2.45) is 0 Å². The summed E-state index contributed by atoms with van der Waals surface area (Å²) in [6.07, 6.45) is 8.71. The molecule has 2 amide bonds. The molecule has 1 aromatic heterocycles. The number of amides is 2. The van der Waals surface area contributed by atoms with Crippen molar-refractivity contribution in [3.63, 3.8) is 0 Å². The maximum atomic E-state index is 12.1. The van der Waals surface area contributed by atoms with E-state index in [2.05, 4.69) is 27.0 Å². The molecular formula is C16H21N5OS. The lowest BCUT2D eigenvalue weighted by atomic mass is 10.2. The third kappa shape index (κ3) is 4.04. The zero-order valence-corrected chi connectivity index (χ0v) is 13.9. The van der Waals surface area contributed by atoms with Crippen LogP contribution in [0, 0.1) is 0 Å². The van der Waals surface area contributed by atoms with E-state index >= 15 is 0 Å². The highest BCUT2D eigenvalue weighted by Crippen LogP contribution is 2.28. The monoisotopic (exact) mass is 331 g/mol. The molecule has 1 heterocycles. The molecule has 2 aromatic rings. The molecule has 1 aliphatic carbocycles. The third-order valence-corrected chi connectivity index (χ3v) is 5.29. The van der Waals surface area contributed by atoms with Crippen molar-refractivity contribution < 1.29 is 4.79 Å². The molecule has 0 radical (unpaired) electrons. The van der Waals surface area contributed by atoms with Crippen LogP contribution in [0.1, 0.15) is 24.8 Å². The molecule has 0 unspecified atom stereocenters. The molecule has 1 saturated carbocycles. The standard InChI is InChI=1S/C16H21N5OS/c1-23-15-7-3-6-14(15)20-16(22)18-9-12-4-2-5-13(8-12)21-11-17-10-19-21/h2,4-5,8,10-11,14-15H,3,6-7,9H2,1H3,(H2,18,20,22)/t14-,15-/m1/s1. The van der Waals surface area contributed by atoms with Gasteiger partial charge in [0.05, 0.1) is 5.69 Å². The number of nitrogens with one attached hydrogen (secondary N) is 2. The normalized spacial score (nSPS) is 20.4. The maximum absolute atomic E-state index is 12.1. The van der Waals surface area contributed by atoms with E-state index in [1.54, 1.807) is 11.0 Å². The van der Waals surface area contributed by atoms with Gasteiger partial charge in [-0.2, -0.15) is 16.9 Å². The second kappa shape index (κ2) is 7.50. The lowest BCUT2D eigenvalue weighted by Gasteiger charge is -2.19. The Morgan fingerprint density at radius 1 is 1.43 bits per heavy atom. The Bertz CT molecular complexity index is 646. The predicted molar refractivity (Wildman–Crippen MR) is 91.7 cm³/mol. The Kier molecular flexibility index (Phi) is 5.17. The Balaban J connectivity index is 1.54. The maximum Gasteiger partial charge on any atom is 0.315 e. The van der Waals surface area contributed by atoms with Crippen LogP contribution in [0.3, 0.4) is 0 Å². The van der Waals surface area contributed by atoms with Gasteiger partial charge in [0.2, 0.25) is 0 Å². The summed E-state index contributed by atoms with van der Waals surface area (Å²) in [4.78, 5) is 16.0. The van der Waals surface area contributed by atoms with Crippen molar-refractivity contribution in [3.05, 3.63) is 42.5 Å². The number of urea groups is 1. The van der Waals surface area contributed by atoms with E-state index in [1.165, 1.54) is 19.2 Å². The van der Waals surface area contributed by atoms with Crippen molar-refractivity contribution in [2.45, 2.75) is 37.1 Å². The summed E-state index contributed by atoms with van der Waals surface area (Å²) in [5.74, 6) is 0. The van der Waals surface area contributed by atoms with E-state index in [9.17, 15) is 4.79 Å². The molecule has 1 fully saturated rings. The first kappa shape index (κ1) is 15.9. The topological polar surface area (TPSA) is 71.8 Å². The number of nitrogens with zero attached hydrogens (tertiary/aromatic N) is 3. The van der Waals surface area contributed by atoms with Crippen LogP contribution in [0.25, 0.3) is 5.69 Å². The Hall–Kier alpha value is -2.02. The second-order valence-corrected chi connectivity index (χ2v) is 6.73. The number of carbonyl (C=O) groups excluding carboxylic acids is 1. The van der Waals surface area contributed by atoms with E-state index in [1.807, 2.05) is 36.0 Å². The van der Waals surface area contributed by atoms with Crippen LogP contribution in [0.15, 0.2) is 36.9 Å². The van der Waals surface area contributed by atoms with Crippen LogP contribution >= 0.6 is 11.8 Å². The zero-order valence-electron chi connectivity index (χ0n) is 13.1. The summed E-state index contributed by atoms with van der Waals surface area (Å²) >= 11 is 1.84. The number of benzene rings is 1. The molecular weight excluding hydrogens is 310 g/mol. The van der Waals surface area contributed by atoms with Crippen LogP contribution in [0.5, 0.6) is 0 Å². The highest BCUT2D eigenvalue weighted by atomic mass is 32.2. The molecule has 0 aliphatic heterocycles. The van der Waals surface area contributed by atoms with Gasteiger partial charge in [-0.25, -0.2) is 14.5 Å². The summed E-state index contributed by atoms with van der Waals surface area (Å²) in [5.41, 5.74) is 1.96. The fraction of sp³-hybridized carbons (Fsp3) is 0.438. The van der Waals surface area contributed by atoms with Gasteiger partial charge in [0.15, 0.2) is 0 Å². The molecule has 2 N–H and O–H groups in total. The molecule has 0 saturated heterocycles. The molecule has 122 valence electrons. The van der Waals surface area contributed by atoms with Gasteiger partial charge in [0.1, 0.15) is 12.7 Å². The summed E-state index contributed by atoms with van der Waals surface area (Å²) < 4.78 is 1.70. The fourth-order valence-electron chi connectivity index (χ4n) is 2.93. The Morgan fingerprint density at radius 3 is 3.13 bits per heavy atom. The average Bonchev–Trinajstić information content (AvgIpc) is 3.24. The van der Waals surface area contributed by atoms with E-state index < -0.39 is 0 Å². The SMILES string of the molecule is CS[C@@H]1CCC[C@H]1NC(=O)NCc1cccc(-n2cncn2)c1. The Labute approximate surface area is 140 Å². The van der Waals surface area contributed by atoms with Gasteiger partial charge >= 0.3 is 6.03 Å². The molecule has 0 spiro atoms. The summed E-state index contributed by atoms with van der Waals surface area (Å²) in [6, 6.07) is 8.08. The van der Waals surface area contributed by atoms with Gasteiger partial charge in [0, 0.05) is 17.8 Å². The van der Waals surface area contributed by atoms with Crippen molar-refractivity contribution >= 4 is 17.8 Å². The van der Waals surface area contributed by atoms with Gasteiger partial charge in [-0.1, -0.05) is 18.6 Å².